The molecule has 0 saturated carbocycles. The SMILES string of the molecule is CCOC(=O)[C@H](C=C[C@@H](C)C(F)(F)F)Cc1ccccc1. The molecule has 0 N–H and O–H groups in total. The summed E-state index contributed by atoms with van der Waals surface area (Å²) in [6.45, 7) is 2.92. The monoisotopic (exact) mass is 300 g/mol. The van der Waals surface area contributed by atoms with Crippen molar-refractivity contribution in [3.8, 4) is 0 Å². The van der Waals surface area contributed by atoms with Crippen molar-refractivity contribution in [2.45, 2.75) is 26.4 Å². The van der Waals surface area contributed by atoms with Gasteiger partial charge < -0.3 is 4.74 Å². The number of allylic oxidation sites excluding steroid dienone is 1. The molecule has 0 aliphatic heterocycles. The Balaban J connectivity index is 2.83. The standard InChI is InChI=1S/C16H19F3O2/c1-3-21-15(20)14(10-9-12(2)16(17,18)19)11-13-7-5-4-6-8-13/h4-10,12,14H,3,11H2,1-2H3/t12-,14-/m1/s1. The highest BCUT2D eigenvalue weighted by Crippen LogP contribution is 2.27. The molecule has 2 nitrogen and oxygen atoms in total. The van der Waals surface area contributed by atoms with Gasteiger partial charge in [-0.25, -0.2) is 0 Å². The van der Waals surface area contributed by atoms with Crippen LogP contribution in [0.25, 0.3) is 0 Å². The molecule has 0 radical (unpaired) electrons. The zero-order chi connectivity index (χ0) is 15.9. The Morgan fingerprint density at radius 3 is 2.38 bits per heavy atom. The van der Waals surface area contributed by atoms with Crippen molar-refractivity contribution in [2.24, 2.45) is 11.8 Å². The van der Waals surface area contributed by atoms with Gasteiger partial charge in [0.2, 0.25) is 0 Å². The number of carbonyl (C=O) groups excluding carboxylic acids is 1. The lowest BCUT2D eigenvalue weighted by Gasteiger charge is -2.14. The van der Waals surface area contributed by atoms with Gasteiger partial charge in [-0.2, -0.15) is 13.2 Å². The molecular weight excluding hydrogens is 281 g/mol. The lowest BCUT2D eigenvalue weighted by Crippen LogP contribution is -2.21. The molecule has 2 atom stereocenters. The zero-order valence-electron chi connectivity index (χ0n) is 12.1. The fourth-order valence-electron chi connectivity index (χ4n) is 1.76. The summed E-state index contributed by atoms with van der Waals surface area (Å²) in [5.74, 6) is -2.81. The first-order chi connectivity index (χ1) is 9.84. The van der Waals surface area contributed by atoms with Crippen molar-refractivity contribution < 1.29 is 22.7 Å². The van der Waals surface area contributed by atoms with Crippen molar-refractivity contribution in [3.63, 3.8) is 0 Å². The van der Waals surface area contributed by atoms with Gasteiger partial charge in [0, 0.05) is 0 Å². The summed E-state index contributed by atoms with van der Waals surface area (Å²) in [5, 5.41) is 0. The van der Waals surface area contributed by atoms with E-state index in [1.54, 1.807) is 6.92 Å². The fourth-order valence-corrected chi connectivity index (χ4v) is 1.76. The highest BCUT2D eigenvalue weighted by molar-refractivity contribution is 5.74. The second-order valence-electron chi connectivity index (χ2n) is 4.76. The van der Waals surface area contributed by atoms with E-state index in [9.17, 15) is 18.0 Å². The predicted octanol–water partition coefficient (Wildman–Crippen LogP) is 4.16. The molecule has 0 heterocycles. The van der Waals surface area contributed by atoms with Gasteiger partial charge in [-0.15, -0.1) is 0 Å². The van der Waals surface area contributed by atoms with Gasteiger partial charge in [-0.3, -0.25) is 4.79 Å². The smallest absolute Gasteiger partial charge is 0.394 e. The maximum atomic E-state index is 12.5. The van der Waals surface area contributed by atoms with Crippen LogP contribution in [0.15, 0.2) is 42.5 Å². The zero-order valence-corrected chi connectivity index (χ0v) is 12.1. The first-order valence-electron chi connectivity index (χ1n) is 6.80. The Labute approximate surface area is 122 Å². The van der Waals surface area contributed by atoms with Crippen molar-refractivity contribution in [1.29, 1.82) is 0 Å². The Hall–Kier alpha value is -1.78. The van der Waals surface area contributed by atoms with Gasteiger partial charge in [0.05, 0.1) is 18.4 Å². The number of halogens is 3. The Morgan fingerprint density at radius 1 is 1.24 bits per heavy atom. The first-order valence-corrected chi connectivity index (χ1v) is 6.80. The van der Waals surface area contributed by atoms with Crippen LogP contribution in [0.2, 0.25) is 0 Å². The highest BCUT2D eigenvalue weighted by Gasteiger charge is 2.34. The van der Waals surface area contributed by atoms with Gasteiger partial charge in [0.15, 0.2) is 0 Å². The number of carbonyl (C=O) groups is 1. The predicted molar refractivity (Wildman–Crippen MR) is 74.6 cm³/mol. The van der Waals surface area contributed by atoms with Gasteiger partial charge in [0.1, 0.15) is 0 Å². The maximum absolute atomic E-state index is 12.5. The summed E-state index contributed by atoms with van der Waals surface area (Å²) < 4.78 is 42.4. The molecule has 0 saturated heterocycles. The highest BCUT2D eigenvalue weighted by atomic mass is 19.4. The van der Waals surface area contributed by atoms with Crippen LogP contribution in [0.3, 0.4) is 0 Å². The second kappa shape index (κ2) is 7.86. The molecule has 21 heavy (non-hydrogen) atoms. The van der Waals surface area contributed by atoms with Crippen LogP contribution >= 0.6 is 0 Å². The first kappa shape index (κ1) is 17.3. The average molecular weight is 300 g/mol. The van der Waals surface area contributed by atoms with E-state index in [1.807, 2.05) is 30.3 Å². The van der Waals surface area contributed by atoms with E-state index < -0.39 is 24.0 Å². The maximum Gasteiger partial charge on any atom is 0.394 e. The normalized spacial score (nSPS) is 14.9. The minimum Gasteiger partial charge on any atom is -0.466 e. The molecular formula is C16H19F3O2. The molecule has 5 heteroatoms. The minimum atomic E-state index is -4.30. The van der Waals surface area contributed by atoms with E-state index in [1.165, 1.54) is 6.08 Å². The molecule has 0 fully saturated rings. The number of rotatable bonds is 6. The number of ether oxygens (including phenoxy) is 1. The van der Waals surface area contributed by atoms with Crippen LogP contribution in [-0.2, 0) is 16.0 Å². The summed E-state index contributed by atoms with van der Waals surface area (Å²) in [4.78, 5) is 11.9. The third-order valence-electron chi connectivity index (χ3n) is 3.04. The minimum absolute atomic E-state index is 0.201. The third kappa shape index (κ3) is 6.02. The molecule has 0 aliphatic carbocycles. The van der Waals surface area contributed by atoms with Crippen molar-refractivity contribution in [3.05, 3.63) is 48.0 Å². The van der Waals surface area contributed by atoms with E-state index >= 15 is 0 Å². The van der Waals surface area contributed by atoms with Crippen molar-refractivity contribution in [2.75, 3.05) is 6.61 Å². The summed E-state index contributed by atoms with van der Waals surface area (Å²) in [5.41, 5.74) is 0.875. The molecule has 0 bridgehead atoms. The van der Waals surface area contributed by atoms with Crippen LogP contribution in [0.1, 0.15) is 19.4 Å². The van der Waals surface area contributed by atoms with Crippen LogP contribution in [-0.4, -0.2) is 18.8 Å². The molecule has 1 aromatic rings. The lowest BCUT2D eigenvalue weighted by molar-refractivity contribution is -0.156. The Morgan fingerprint density at radius 2 is 1.86 bits per heavy atom. The number of esters is 1. The largest absolute Gasteiger partial charge is 0.466 e. The van der Waals surface area contributed by atoms with E-state index in [2.05, 4.69) is 0 Å². The van der Waals surface area contributed by atoms with Crippen LogP contribution in [0, 0.1) is 11.8 Å². The van der Waals surface area contributed by atoms with Crippen LogP contribution < -0.4 is 0 Å². The quantitative estimate of drug-likeness (QED) is 0.582. The average Bonchev–Trinajstić information content (AvgIpc) is 2.43. The molecule has 1 rings (SSSR count). The summed E-state index contributed by atoms with van der Waals surface area (Å²) in [6, 6.07) is 9.13. The number of alkyl halides is 3. The molecule has 0 aliphatic rings. The molecule has 0 aromatic heterocycles. The van der Waals surface area contributed by atoms with E-state index in [-0.39, 0.29) is 6.61 Å². The molecule has 1 aromatic carbocycles. The van der Waals surface area contributed by atoms with Gasteiger partial charge >= 0.3 is 12.1 Å². The van der Waals surface area contributed by atoms with Gasteiger partial charge in [-0.05, 0) is 18.9 Å². The van der Waals surface area contributed by atoms with Crippen molar-refractivity contribution >= 4 is 5.97 Å². The van der Waals surface area contributed by atoms with Crippen molar-refractivity contribution in [1.82, 2.24) is 0 Å². The fraction of sp³-hybridized carbons (Fsp3) is 0.438. The van der Waals surface area contributed by atoms with E-state index in [0.717, 1.165) is 18.6 Å². The number of benzene rings is 1. The lowest BCUT2D eigenvalue weighted by atomic mass is 9.97. The molecule has 0 unspecified atom stereocenters. The summed E-state index contributed by atoms with van der Waals surface area (Å²) in [6.07, 6.45) is -1.67. The summed E-state index contributed by atoms with van der Waals surface area (Å²) >= 11 is 0. The van der Waals surface area contributed by atoms with Crippen LogP contribution in [0.5, 0.6) is 0 Å². The molecule has 0 amide bonds. The van der Waals surface area contributed by atoms with E-state index in [4.69, 9.17) is 4.74 Å². The number of hydrogen-bond donors (Lipinski definition) is 0. The summed E-state index contributed by atoms with van der Waals surface area (Å²) in [7, 11) is 0. The topological polar surface area (TPSA) is 26.3 Å². The third-order valence-corrected chi connectivity index (χ3v) is 3.04. The Bertz CT molecular complexity index is 466. The van der Waals surface area contributed by atoms with Gasteiger partial charge in [0.25, 0.3) is 0 Å². The Kier molecular flexibility index (Phi) is 6.46. The van der Waals surface area contributed by atoms with E-state index in [0.29, 0.717) is 6.42 Å². The molecule has 0 spiro atoms. The van der Waals surface area contributed by atoms with Gasteiger partial charge in [-0.1, -0.05) is 49.4 Å². The second-order valence-corrected chi connectivity index (χ2v) is 4.76. The molecule has 116 valence electrons. The number of hydrogen-bond acceptors (Lipinski definition) is 2. The van der Waals surface area contributed by atoms with Crippen LogP contribution in [0.4, 0.5) is 13.2 Å².